The van der Waals surface area contributed by atoms with Crippen molar-refractivity contribution in [2.45, 2.75) is 31.0 Å². The summed E-state index contributed by atoms with van der Waals surface area (Å²) in [7, 11) is 0. The summed E-state index contributed by atoms with van der Waals surface area (Å²) in [5.74, 6) is 0. The third-order valence-corrected chi connectivity index (χ3v) is 1.40. The van der Waals surface area contributed by atoms with E-state index in [1.165, 1.54) is 0 Å². The van der Waals surface area contributed by atoms with Gasteiger partial charge in [-0.15, -0.1) is 0 Å². The van der Waals surface area contributed by atoms with Crippen molar-refractivity contribution in [2.75, 3.05) is 0 Å². The van der Waals surface area contributed by atoms with Crippen molar-refractivity contribution in [3.8, 4) is 0 Å². The van der Waals surface area contributed by atoms with E-state index in [0.717, 1.165) is 0 Å². The third kappa shape index (κ3) is 1.87. The number of rotatable bonds is 1. The molecule has 1 unspecified atom stereocenters. The minimum absolute atomic E-state index is 0.0843. The molecule has 0 aromatic rings. The van der Waals surface area contributed by atoms with Crippen LogP contribution < -0.4 is 0 Å². The van der Waals surface area contributed by atoms with Crippen LogP contribution in [-0.4, -0.2) is 29.2 Å². The van der Waals surface area contributed by atoms with Crippen molar-refractivity contribution in [3.63, 3.8) is 0 Å². The highest BCUT2D eigenvalue weighted by Gasteiger charge is 2.75. The lowest BCUT2D eigenvalue weighted by molar-refractivity contribution is -0.362. The highest BCUT2D eigenvalue weighted by Crippen LogP contribution is 2.48. The summed E-state index contributed by atoms with van der Waals surface area (Å²) in [5.41, 5.74) is -5.57. The molecule has 0 aliphatic carbocycles. The van der Waals surface area contributed by atoms with E-state index in [-0.39, 0.29) is 6.92 Å². The maximum Gasteiger partial charge on any atom is 0.434 e. The summed E-state index contributed by atoms with van der Waals surface area (Å²) < 4.78 is 82.0. The highest BCUT2D eigenvalue weighted by atomic mass is 19.4. The Morgan fingerprint density at radius 1 is 0.846 bits per heavy atom. The summed E-state index contributed by atoms with van der Waals surface area (Å²) in [6, 6.07) is 0. The molecule has 0 radical (unpaired) electrons. The minimum atomic E-state index is -6.18. The van der Waals surface area contributed by atoms with Crippen LogP contribution in [0.15, 0.2) is 0 Å². The lowest BCUT2D eigenvalue weighted by Crippen LogP contribution is -2.59. The Morgan fingerprint density at radius 2 is 1.08 bits per heavy atom. The Kier molecular flexibility index (Phi) is 2.88. The van der Waals surface area contributed by atoms with E-state index >= 15 is 0 Å². The SMILES string of the molecule is CC(O)C(F)(C(F)(F)F)C(F)(F)F. The van der Waals surface area contributed by atoms with Gasteiger partial charge in [-0.3, -0.25) is 0 Å². The van der Waals surface area contributed by atoms with Gasteiger partial charge in [0.15, 0.2) is 0 Å². The maximum absolute atomic E-state index is 12.4. The number of halogens is 7. The number of alkyl halides is 7. The molecule has 1 nitrogen and oxygen atoms in total. The predicted molar refractivity (Wildman–Crippen MR) is 27.6 cm³/mol. The van der Waals surface area contributed by atoms with Gasteiger partial charge in [-0.05, 0) is 6.92 Å². The first kappa shape index (κ1) is 12.5. The van der Waals surface area contributed by atoms with Gasteiger partial charge in [-0.25, -0.2) is 4.39 Å². The van der Waals surface area contributed by atoms with Gasteiger partial charge in [-0.1, -0.05) is 0 Å². The molecule has 8 heteroatoms. The van der Waals surface area contributed by atoms with E-state index in [1.54, 1.807) is 0 Å². The van der Waals surface area contributed by atoms with Gasteiger partial charge in [0.1, 0.15) is 6.10 Å². The molecule has 0 bridgehead atoms. The molecule has 0 aromatic carbocycles. The average molecular weight is 214 g/mol. The molecule has 0 aromatic heterocycles. The standard InChI is InChI=1S/C5H5F7O/c1-2(13)3(6,4(7,8)9)5(10,11)12/h2,13H,1H3. The zero-order valence-electron chi connectivity index (χ0n) is 6.17. The largest absolute Gasteiger partial charge is 0.434 e. The van der Waals surface area contributed by atoms with Gasteiger partial charge < -0.3 is 5.11 Å². The molecule has 0 amide bonds. The van der Waals surface area contributed by atoms with Gasteiger partial charge in [0.25, 0.3) is 0 Å². The number of hydrogen-bond donors (Lipinski definition) is 1. The Morgan fingerprint density at radius 3 is 1.08 bits per heavy atom. The molecule has 1 atom stereocenters. The molecule has 0 spiro atoms. The number of aliphatic hydroxyl groups excluding tert-OH is 1. The van der Waals surface area contributed by atoms with Gasteiger partial charge in [0.05, 0.1) is 0 Å². The van der Waals surface area contributed by atoms with Crippen molar-refractivity contribution in [3.05, 3.63) is 0 Å². The lowest BCUT2D eigenvalue weighted by atomic mass is 9.99. The molecule has 0 heterocycles. The molecule has 80 valence electrons. The third-order valence-electron chi connectivity index (χ3n) is 1.40. The summed E-state index contributed by atoms with van der Waals surface area (Å²) in [5, 5.41) is 8.13. The van der Waals surface area contributed by atoms with Crippen LogP contribution in [0.1, 0.15) is 6.92 Å². The van der Waals surface area contributed by atoms with Crippen molar-refractivity contribution >= 4 is 0 Å². The molecule has 13 heavy (non-hydrogen) atoms. The van der Waals surface area contributed by atoms with Crippen molar-refractivity contribution in [1.29, 1.82) is 0 Å². The number of aliphatic hydroxyl groups is 1. The fourth-order valence-electron chi connectivity index (χ4n) is 0.634. The quantitative estimate of drug-likeness (QED) is 0.663. The fourth-order valence-corrected chi connectivity index (χ4v) is 0.634. The van der Waals surface area contributed by atoms with Crippen molar-refractivity contribution in [2.24, 2.45) is 0 Å². The Labute approximate surface area is 68.2 Å². The van der Waals surface area contributed by atoms with Crippen LogP contribution in [0.3, 0.4) is 0 Å². The molecule has 1 N–H and O–H groups in total. The molecule has 0 rings (SSSR count). The molecular formula is C5H5F7O. The second-order valence-electron chi connectivity index (χ2n) is 2.38. The summed E-state index contributed by atoms with van der Waals surface area (Å²) in [6.45, 7) is 0.0843. The van der Waals surface area contributed by atoms with E-state index in [0.29, 0.717) is 0 Å². The Bertz CT molecular complexity index is 164. The summed E-state index contributed by atoms with van der Waals surface area (Å²) in [4.78, 5) is 0. The van der Waals surface area contributed by atoms with Gasteiger partial charge in [0, 0.05) is 0 Å². The van der Waals surface area contributed by atoms with Crippen molar-refractivity contribution in [1.82, 2.24) is 0 Å². The fraction of sp³-hybridized carbons (Fsp3) is 1.00. The normalized spacial score (nSPS) is 17.3. The summed E-state index contributed by atoms with van der Waals surface area (Å²) in [6.07, 6.45) is -15.6. The van der Waals surface area contributed by atoms with Crippen LogP contribution in [-0.2, 0) is 0 Å². The zero-order chi connectivity index (χ0) is 11.1. The van der Waals surface area contributed by atoms with E-state index in [9.17, 15) is 30.7 Å². The van der Waals surface area contributed by atoms with Crippen molar-refractivity contribution < 1.29 is 35.8 Å². The van der Waals surface area contributed by atoms with E-state index in [2.05, 4.69) is 0 Å². The molecule has 0 saturated heterocycles. The highest BCUT2D eigenvalue weighted by molar-refractivity contribution is 4.98. The lowest BCUT2D eigenvalue weighted by Gasteiger charge is -2.31. The maximum atomic E-state index is 12.4. The van der Waals surface area contributed by atoms with Crippen LogP contribution >= 0.6 is 0 Å². The number of hydrogen-bond acceptors (Lipinski definition) is 1. The molecule has 0 aliphatic heterocycles. The first-order valence-corrected chi connectivity index (χ1v) is 2.95. The molecule has 0 aliphatic rings. The van der Waals surface area contributed by atoms with Crippen LogP contribution in [0, 0.1) is 0 Å². The minimum Gasteiger partial charge on any atom is -0.389 e. The van der Waals surface area contributed by atoms with Crippen LogP contribution in [0.4, 0.5) is 30.7 Å². The molecule has 0 fully saturated rings. The van der Waals surface area contributed by atoms with E-state index in [1.807, 2.05) is 0 Å². The van der Waals surface area contributed by atoms with Crippen LogP contribution in [0.2, 0.25) is 0 Å². The zero-order valence-corrected chi connectivity index (χ0v) is 6.17. The molecular weight excluding hydrogens is 209 g/mol. The van der Waals surface area contributed by atoms with Crippen LogP contribution in [0.5, 0.6) is 0 Å². The molecule has 0 saturated carbocycles. The first-order chi connectivity index (χ1) is 5.44. The topological polar surface area (TPSA) is 20.2 Å². The average Bonchev–Trinajstić information content (AvgIpc) is 1.80. The second-order valence-corrected chi connectivity index (χ2v) is 2.38. The Balaban J connectivity index is 5.22. The Hall–Kier alpha value is -0.530. The van der Waals surface area contributed by atoms with E-state index < -0.39 is 24.1 Å². The summed E-state index contributed by atoms with van der Waals surface area (Å²) >= 11 is 0. The van der Waals surface area contributed by atoms with Gasteiger partial charge >= 0.3 is 18.0 Å². The van der Waals surface area contributed by atoms with E-state index in [4.69, 9.17) is 5.11 Å². The van der Waals surface area contributed by atoms with Gasteiger partial charge in [0.2, 0.25) is 0 Å². The predicted octanol–water partition coefficient (Wildman–Crippen LogP) is 2.20. The smallest absolute Gasteiger partial charge is 0.389 e. The van der Waals surface area contributed by atoms with Gasteiger partial charge in [-0.2, -0.15) is 26.3 Å². The monoisotopic (exact) mass is 214 g/mol. The second kappa shape index (κ2) is 3.00. The first-order valence-electron chi connectivity index (χ1n) is 2.95. The van der Waals surface area contributed by atoms with Crippen LogP contribution in [0.25, 0.3) is 0 Å².